The minimum atomic E-state index is -0.375. The summed E-state index contributed by atoms with van der Waals surface area (Å²) in [6.07, 6.45) is 0. The van der Waals surface area contributed by atoms with Gasteiger partial charge in [0, 0.05) is 29.0 Å². The summed E-state index contributed by atoms with van der Waals surface area (Å²) in [5.74, 6) is 1.39. The smallest absolute Gasteiger partial charge is 0.324 e. The maximum atomic E-state index is 10.7. The molecule has 0 atom stereocenters. The topological polar surface area (TPSA) is 90.2 Å². The summed E-state index contributed by atoms with van der Waals surface area (Å²) in [5.41, 5.74) is 1.78. The second-order valence-corrected chi connectivity index (χ2v) is 7.66. The highest BCUT2D eigenvalue weighted by molar-refractivity contribution is 8.00. The fourth-order valence-electron chi connectivity index (χ4n) is 1.82. The Balaban J connectivity index is 1.59. The van der Waals surface area contributed by atoms with Gasteiger partial charge in [0.25, 0.3) is 0 Å². The van der Waals surface area contributed by atoms with Gasteiger partial charge >= 0.3 is 5.00 Å². The van der Waals surface area contributed by atoms with Gasteiger partial charge in [0.1, 0.15) is 5.75 Å². The van der Waals surface area contributed by atoms with Gasteiger partial charge in [0.05, 0.1) is 12.0 Å². The molecule has 3 aromatic rings. The van der Waals surface area contributed by atoms with Gasteiger partial charge in [-0.15, -0.1) is 10.2 Å². The first-order valence-corrected chi connectivity index (χ1v) is 9.41. The molecular formula is C14H12N4O3S3. The fourth-order valence-corrected chi connectivity index (χ4v) is 4.36. The third-order valence-corrected chi connectivity index (χ3v) is 5.88. The highest BCUT2D eigenvalue weighted by Gasteiger charge is 2.11. The van der Waals surface area contributed by atoms with Gasteiger partial charge in [0.2, 0.25) is 5.13 Å². The van der Waals surface area contributed by atoms with Crippen LogP contribution in [0.5, 0.6) is 5.75 Å². The number of benzene rings is 1. The Kier molecular flexibility index (Phi) is 5.28. The molecule has 1 N–H and O–H groups in total. The molecule has 10 heteroatoms. The first kappa shape index (κ1) is 16.7. The highest BCUT2D eigenvalue weighted by atomic mass is 32.2. The summed E-state index contributed by atoms with van der Waals surface area (Å²) in [4.78, 5) is 10.3. The van der Waals surface area contributed by atoms with Crippen LogP contribution in [0.3, 0.4) is 0 Å². The number of rotatable bonds is 7. The standard InChI is InChI=1S/C14H12N4O3S3/c1-21-11-4-2-3-10(6-11)15-13-16-17-14(24-13)23-8-9-5-12(18(19)20)22-7-9/h2-7H,8H2,1H3,(H,15,16). The quantitative estimate of drug-likeness (QED) is 0.365. The van der Waals surface area contributed by atoms with Gasteiger partial charge in [-0.1, -0.05) is 40.5 Å². The average Bonchev–Trinajstić information content (AvgIpc) is 3.22. The molecule has 0 fully saturated rings. The number of aromatic nitrogens is 2. The monoisotopic (exact) mass is 380 g/mol. The number of nitrogens with zero attached hydrogens (tertiary/aromatic N) is 3. The molecule has 1 aromatic carbocycles. The van der Waals surface area contributed by atoms with E-state index in [9.17, 15) is 10.1 Å². The normalized spacial score (nSPS) is 10.5. The van der Waals surface area contributed by atoms with Crippen molar-refractivity contribution in [3.63, 3.8) is 0 Å². The number of thiophene rings is 1. The zero-order valence-corrected chi connectivity index (χ0v) is 14.9. The molecule has 0 spiro atoms. The maximum Gasteiger partial charge on any atom is 0.324 e. The third kappa shape index (κ3) is 4.22. The van der Waals surface area contributed by atoms with Gasteiger partial charge in [-0.25, -0.2) is 0 Å². The number of methoxy groups -OCH3 is 1. The number of anilines is 2. The summed E-state index contributed by atoms with van der Waals surface area (Å²) in [6, 6.07) is 9.14. The molecule has 0 aliphatic carbocycles. The average molecular weight is 380 g/mol. The van der Waals surface area contributed by atoms with E-state index in [1.807, 2.05) is 24.3 Å². The molecule has 124 valence electrons. The zero-order valence-electron chi connectivity index (χ0n) is 12.5. The summed E-state index contributed by atoms with van der Waals surface area (Å²) in [5, 5.41) is 24.7. The summed E-state index contributed by atoms with van der Waals surface area (Å²) >= 11 is 4.07. The molecule has 2 aromatic heterocycles. The van der Waals surface area contributed by atoms with Gasteiger partial charge < -0.3 is 10.1 Å². The molecule has 0 radical (unpaired) electrons. The van der Waals surface area contributed by atoms with Crippen LogP contribution in [-0.4, -0.2) is 22.2 Å². The van der Waals surface area contributed by atoms with Gasteiger partial charge in [0.15, 0.2) is 4.34 Å². The molecule has 0 unspecified atom stereocenters. The first-order valence-electron chi connectivity index (χ1n) is 6.73. The number of ether oxygens (including phenoxy) is 1. The van der Waals surface area contributed by atoms with E-state index in [1.54, 1.807) is 18.6 Å². The van der Waals surface area contributed by atoms with E-state index in [0.29, 0.717) is 10.9 Å². The molecule has 0 saturated carbocycles. The Labute approximate surface area is 149 Å². The van der Waals surface area contributed by atoms with Crippen LogP contribution in [0.25, 0.3) is 0 Å². The van der Waals surface area contributed by atoms with Crippen LogP contribution in [0.15, 0.2) is 40.1 Å². The van der Waals surface area contributed by atoms with Crippen molar-refractivity contribution < 1.29 is 9.66 Å². The SMILES string of the molecule is COc1cccc(Nc2nnc(SCc3csc([N+](=O)[O-])c3)s2)c1. The van der Waals surface area contributed by atoms with E-state index in [2.05, 4.69) is 15.5 Å². The van der Waals surface area contributed by atoms with Crippen molar-refractivity contribution in [2.45, 2.75) is 10.1 Å². The van der Waals surface area contributed by atoms with E-state index in [1.165, 1.54) is 23.1 Å². The number of thioether (sulfide) groups is 1. The third-order valence-electron chi connectivity index (χ3n) is 2.91. The van der Waals surface area contributed by atoms with Crippen LogP contribution in [0.1, 0.15) is 5.56 Å². The molecule has 2 heterocycles. The summed E-state index contributed by atoms with van der Waals surface area (Å²) < 4.78 is 5.98. The van der Waals surface area contributed by atoms with Crippen LogP contribution in [0.2, 0.25) is 0 Å². The number of nitro groups is 1. The number of nitrogens with one attached hydrogen (secondary N) is 1. The molecule has 7 nitrogen and oxygen atoms in total. The lowest BCUT2D eigenvalue weighted by atomic mass is 10.3. The highest BCUT2D eigenvalue weighted by Crippen LogP contribution is 2.32. The second-order valence-electron chi connectivity index (χ2n) is 4.57. The molecule has 0 aliphatic rings. The molecule has 3 rings (SSSR count). The van der Waals surface area contributed by atoms with Crippen molar-refractivity contribution in [1.82, 2.24) is 10.2 Å². The predicted molar refractivity (Wildman–Crippen MR) is 96.7 cm³/mol. The Hall–Kier alpha value is -2.17. The zero-order chi connectivity index (χ0) is 16.9. The van der Waals surface area contributed by atoms with Crippen LogP contribution < -0.4 is 10.1 Å². The van der Waals surface area contributed by atoms with E-state index >= 15 is 0 Å². The Morgan fingerprint density at radius 2 is 2.25 bits per heavy atom. The van der Waals surface area contributed by atoms with Crippen molar-refractivity contribution in [3.05, 3.63) is 51.4 Å². The van der Waals surface area contributed by atoms with Crippen molar-refractivity contribution in [2.24, 2.45) is 0 Å². The van der Waals surface area contributed by atoms with E-state index in [-0.39, 0.29) is 9.92 Å². The van der Waals surface area contributed by atoms with Crippen LogP contribution >= 0.6 is 34.4 Å². The van der Waals surface area contributed by atoms with Crippen molar-refractivity contribution in [2.75, 3.05) is 12.4 Å². The van der Waals surface area contributed by atoms with Crippen LogP contribution in [0.4, 0.5) is 15.8 Å². The van der Waals surface area contributed by atoms with Crippen LogP contribution in [0, 0.1) is 10.1 Å². The minimum Gasteiger partial charge on any atom is -0.497 e. The molecule has 24 heavy (non-hydrogen) atoms. The molecule has 0 aliphatic heterocycles. The van der Waals surface area contributed by atoms with E-state index < -0.39 is 0 Å². The van der Waals surface area contributed by atoms with E-state index in [0.717, 1.165) is 32.7 Å². The van der Waals surface area contributed by atoms with E-state index in [4.69, 9.17) is 4.74 Å². The first-order chi connectivity index (χ1) is 11.6. The Morgan fingerprint density at radius 1 is 1.38 bits per heavy atom. The lowest BCUT2D eigenvalue weighted by Crippen LogP contribution is -1.90. The summed E-state index contributed by atoms with van der Waals surface area (Å²) in [6.45, 7) is 0. The predicted octanol–water partition coefficient (Wildman–Crippen LogP) is 4.55. The van der Waals surface area contributed by atoms with Crippen LogP contribution in [-0.2, 0) is 5.75 Å². The van der Waals surface area contributed by atoms with Crippen molar-refractivity contribution in [3.8, 4) is 5.75 Å². The summed E-state index contributed by atoms with van der Waals surface area (Å²) in [7, 11) is 1.62. The lowest BCUT2D eigenvalue weighted by molar-refractivity contribution is -0.380. The second kappa shape index (κ2) is 7.60. The fraction of sp³-hybridized carbons (Fsp3) is 0.143. The van der Waals surface area contributed by atoms with Gasteiger partial charge in [-0.05, 0) is 17.7 Å². The Morgan fingerprint density at radius 3 is 3.00 bits per heavy atom. The molecular weight excluding hydrogens is 368 g/mol. The largest absolute Gasteiger partial charge is 0.497 e. The van der Waals surface area contributed by atoms with Gasteiger partial charge in [-0.2, -0.15) is 0 Å². The van der Waals surface area contributed by atoms with Crippen molar-refractivity contribution >= 4 is 50.3 Å². The molecule has 0 amide bonds. The number of hydrogen-bond donors (Lipinski definition) is 1. The molecule has 0 bridgehead atoms. The lowest BCUT2D eigenvalue weighted by Gasteiger charge is -2.04. The van der Waals surface area contributed by atoms with Gasteiger partial charge in [-0.3, -0.25) is 10.1 Å². The Bertz CT molecular complexity index is 849. The molecule has 0 saturated heterocycles. The van der Waals surface area contributed by atoms with Crippen molar-refractivity contribution in [1.29, 1.82) is 0 Å². The minimum absolute atomic E-state index is 0.156. The maximum absolute atomic E-state index is 10.7. The number of hydrogen-bond acceptors (Lipinski definition) is 9.